The molecule has 0 saturated heterocycles. The van der Waals surface area contributed by atoms with E-state index in [1.165, 1.54) is 12.1 Å². The van der Waals surface area contributed by atoms with Crippen molar-refractivity contribution >= 4 is 11.7 Å². The number of anilines is 1. The first kappa shape index (κ1) is 17.8. The molecule has 1 aromatic heterocycles. The molecule has 24 heavy (non-hydrogen) atoms. The van der Waals surface area contributed by atoms with Crippen LogP contribution in [0.25, 0.3) is 0 Å². The van der Waals surface area contributed by atoms with Gasteiger partial charge in [-0.3, -0.25) is 4.68 Å². The predicted molar refractivity (Wildman–Crippen MR) is 90.6 cm³/mol. The zero-order valence-electron chi connectivity index (χ0n) is 14.1. The quantitative estimate of drug-likeness (QED) is 0.816. The number of urea groups is 1. The average molecular weight is 334 g/mol. The van der Waals surface area contributed by atoms with E-state index in [-0.39, 0.29) is 17.7 Å². The van der Waals surface area contributed by atoms with Crippen molar-refractivity contribution in [1.82, 2.24) is 15.1 Å². The lowest BCUT2D eigenvalue weighted by Gasteiger charge is -2.14. The maximum absolute atomic E-state index is 14.0. The molecule has 0 radical (unpaired) electrons. The highest BCUT2D eigenvalue weighted by molar-refractivity contribution is 5.89. The van der Waals surface area contributed by atoms with E-state index >= 15 is 0 Å². The molecule has 1 heterocycles. The largest absolute Gasteiger partial charge is 0.491 e. The lowest BCUT2D eigenvalue weighted by Crippen LogP contribution is -2.33. The Morgan fingerprint density at radius 1 is 1.38 bits per heavy atom. The fourth-order valence-electron chi connectivity index (χ4n) is 2.17. The summed E-state index contributed by atoms with van der Waals surface area (Å²) < 4.78 is 21.2. The summed E-state index contributed by atoms with van der Waals surface area (Å²) in [4.78, 5) is 11.9. The molecular weight excluding hydrogens is 311 g/mol. The van der Waals surface area contributed by atoms with Crippen LogP contribution in [0.2, 0.25) is 0 Å². The smallest absolute Gasteiger partial charge is 0.319 e. The summed E-state index contributed by atoms with van der Waals surface area (Å²) in [5.74, 6) is 0.0940. The highest BCUT2D eigenvalue weighted by Crippen LogP contribution is 2.21. The van der Waals surface area contributed by atoms with Crippen LogP contribution in [-0.4, -0.2) is 28.5 Å². The molecule has 0 aliphatic rings. The monoisotopic (exact) mass is 334 g/mol. The Balaban J connectivity index is 1.81. The molecule has 2 aromatic rings. The number of nitrogens with zero attached hydrogens (tertiary/aromatic N) is 2. The number of aromatic nitrogens is 2. The topological polar surface area (TPSA) is 68.2 Å². The van der Waals surface area contributed by atoms with Gasteiger partial charge in [0.15, 0.2) is 0 Å². The third kappa shape index (κ3) is 5.57. The Morgan fingerprint density at radius 3 is 2.79 bits per heavy atom. The summed E-state index contributed by atoms with van der Waals surface area (Å²) in [5.41, 5.74) is 0.114. The fourth-order valence-corrected chi connectivity index (χ4v) is 2.17. The van der Waals surface area contributed by atoms with Crippen LogP contribution in [0.15, 0.2) is 36.7 Å². The number of nitrogens with one attached hydrogen (secondary N) is 2. The van der Waals surface area contributed by atoms with Gasteiger partial charge in [-0.05, 0) is 38.0 Å². The number of hydrogen-bond acceptors (Lipinski definition) is 3. The van der Waals surface area contributed by atoms with E-state index in [1.54, 1.807) is 16.9 Å². The van der Waals surface area contributed by atoms with E-state index in [1.807, 2.05) is 33.0 Å². The third-order valence-electron chi connectivity index (χ3n) is 3.23. The summed E-state index contributed by atoms with van der Waals surface area (Å²) in [5, 5.41) is 9.35. The van der Waals surface area contributed by atoms with Gasteiger partial charge >= 0.3 is 6.03 Å². The van der Waals surface area contributed by atoms with Crippen LogP contribution in [0.5, 0.6) is 5.75 Å². The summed E-state index contributed by atoms with van der Waals surface area (Å²) >= 11 is 0. The van der Waals surface area contributed by atoms with Gasteiger partial charge in [-0.1, -0.05) is 6.92 Å². The third-order valence-corrected chi connectivity index (χ3v) is 3.23. The number of hydrogen-bond donors (Lipinski definition) is 2. The van der Waals surface area contributed by atoms with Crippen molar-refractivity contribution in [3.8, 4) is 5.75 Å². The molecule has 130 valence electrons. The number of amides is 2. The molecule has 0 saturated carbocycles. The van der Waals surface area contributed by atoms with Gasteiger partial charge in [0, 0.05) is 31.5 Å². The van der Waals surface area contributed by atoms with Gasteiger partial charge < -0.3 is 15.4 Å². The van der Waals surface area contributed by atoms with E-state index in [2.05, 4.69) is 15.7 Å². The summed E-state index contributed by atoms with van der Waals surface area (Å²) in [6.45, 7) is 6.88. The molecule has 0 aliphatic carbocycles. The van der Waals surface area contributed by atoms with Crippen LogP contribution >= 0.6 is 0 Å². The number of carbonyl (C=O) groups is 1. The van der Waals surface area contributed by atoms with Gasteiger partial charge in [0.1, 0.15) is 11.6 Å². The number of halogens is 1. The maximum Gasteiger partial charge on any atom is 0.319 e. The Morgan fingerprint density at radius 2 is 2.17 bits per heavy atom. The standard InChI is InChI=1S/C17H23FN4O2/c1-12(2)24-14-5-6-16(15(18)9-14)21-17(23)19-10-13(3)11-22-8-4-7-20-22/h4-9,12-13H,10-11H2,1-3H3,(H2,19,21,23)/t13-/m1/s1. The highest BCUT2D eigenvalue weighted by atomic mass is 19.1. The highest BCUT2D eigenvalue weighted by Gasteiger charge is 2.10. The molecule has 2 amide bonds. The van der Waals surface area contributed by atoms with Gasteiger partial charge in [0.05, 0.1) is 11.8 Å². The average Bonchev–Trinajstić information content (AvgIpc) is 3.00. The second kappa shape index (κ2) is 8.33. The van der Waals surface area contributed by atoms with Crippen molar-refractivity contribution in [3.63, 3.8) is 0 Å². The van der Waals surface area contributed by atoms with Crippen molar-refractivity contribution in [1.29, 1.82) is 0 Å². The van der Waals surface area contributed by atoms with Crippen LogP contribution in [0.3, 0.4) is 0 Å². The second-order valence-corrected chi connectivity index (χ2v) is 5.98. The first-order valence-electron chi connectivity index (χ1n) is 7.92. The molecule has 6 nitrogen and oxygen atoms in total. The summed E-state index contributed by atoms with van der Waals surface area (Å²) in [6, 6.07) is 5.77. The Kier molecular flexibility index (Phi) is 6.17. The van der Waals surface area contributed by atoms with E-state index in [9.17, 15) is 9.18 Å². The van der Waals surface area contributed by atoms with Crippen molar-refractivity contribution < 1.29 is 13.9 Å². The molecule has 0 fully saturated rings. The van der Waals surface area contributed by atoms with Crippen molar-refractivity contribution in [2.45, 2.75) is 33.4 Å². The predicted octanol–water partition coefficient (Wildman–Crippen LogP) is 3.27. The van der Waals surface area contributed by atoms with E-state index in [4.69, 9.17) is 4.74 Å². The Bertz CT molecular complexity index is 659. The number of carbonyl (C=O) groups excluding carboxylic acids is 1. The minimum atomic E-state index is -0.534. The fraction of sp³-hybridized carbons (Fsp3) is 0.412. The lowest BCUT2D eigenvalue weighted by molar-refractivity contribution is 0.241. The van der Waals surface area contributed by atoms with Crippen LogP contribution in [0.1, 0.15) is 20.8 Å². The zero-order chi connectivity index (χ0) is 17.5. The molecule has 1 atom stereocenters. The molecule has 2 N–H and O–H groups in total. The first-order valence-corrected chi connectivity index (χ1v) is 7.92. The van der Waals surface area contributed by atoms with Gasteiger partial charge in [-0.15, -0.1) is 0 Å². The molecule has 0 spiro atoms. The lowest BCUT2D eigenvalue weighted by atomic mass is 10.2. The molecule has 1 aromatic carbocycles. The van der Waals surface area contributed by atoms with Crippen molar-refractivity contribution in [2.24, 2.45) is 5.92 Å². The molecule has 0 bridgehead atoms. The zero-order valence-corrected chi connectivity index (χ0v) is 14.1. The SMILES string of the molecule is CC(C)Oc1ccc(NC(=O)NC[C@@H](C)Cn2cccn2)c(F)c1. The van der Waals surface area contributed by atoms with Gasteiger partial charge in [-0.2, -0.15) is 5.10 Å². The molecule has 7 heteroatoms. The molecule has 0 unspecified atom stereocenters. The summed E-state index contributed by atoms with van der Waals surface area (Å²) in [6.07, 6.45) is 3.54. The minimum Gasteiger partial charge on any atom is -0.491 e. The minimum absolute atomic E-state index is 0.0391. The Hall–Kier alpha value is -2.57. The van der Waals surface area contributed by atoms with Gasteiger partial charge in [0.2, 0.25) is 0 Å². The second-order valence-electron chi connectivity index (χ2n) is 5.98. The molecule has 2 rings (SSSR count). The molecular formula is C17H23FN4O2. The van der Waals surface area contributed by atoms with Crippen LogP contribution in [0.4, 0.5) is 14.9 Å². The number of benzene rings is 1. The van der Waals surface area contributed by atoms with Crippen LogP contribution in [-0.2, 0) is 6.54 Å². The normalized spacial score (nSPS) is 12.0. The van der Waals surface area contributed by atoms with E-state index < -0.39 is 11.8 Å². The Labute approximate surface area is 141 Å². The van der Waals surface area contributed by atoms with E-state index in [0.717, 1.165) is 0 Å². The molecule has 0 aliphatic heterocycles. The number of rotatable bonds is 7. The first-order chi connectivity index (χ1) is 11.4. The van der Waals surface area contributed by atoms with E-state index in [0.29, 0.717) is 18.8 Å². The number of ether oxygens (including phenoxy) is 1. The van der Waals surface area contributed by atoms with Crippen LogP contribution in [0, 0.1) is 11.7 Å². The van der Waals surface area contributed by atoms with Gasteiger partial charge in [-0.25, -0.2) is 9.18 Å². The van der Waals surface area contributed by atoms with Crippen molar-refractivity contribution in [3.05, 3.63) is 42.5 Å². The van der Waals surface area contributed by atoms with Crippen molar-refractivity contribution in [2.75, 3.05) is 11.9 Å². The summed E-state index contributed by atoms with van der Waals surface area (Å²) in [7, 11) is 0. The van der Waals surface area contributed by atoms with Crippen LogP contribution < -0.4 is 15.4 Å². The maximum atomic E-state index is 14.0. The van der Waals surface area contributed by atoms with Gasteiger partial charge in [0.25, 0.3) is 0 Å².